The van der Waals surface area contributed by atoms with Gasteiger partial charge in [-0.2, -0.15) is 0 Å². The van der Waals surface area contributed by atoms with Gasteiger partial charge in [0.2, 0.25) is 0 Å². The minimum absolute atomic E-state index is 0.156. The summed E-state index contributed by atoms with van der Waals surface area (Å²) in [4.78, 5) is 17.3. The summed E-state index contributed by atoms with van der Waals surface area (Å²) in [6.07, 6.45) is 0. The minimum atomic E-state index is -0.156. The summed E-state index contributed by atoms with van der Waals surface area (Å²) in [5.74, 6) is -0.156. The van der Waals surface area contributed by atoms with E-state index in [1.807, 2.05) is 66.7 Å². The Morgan fingerprint density at radius 3 is 2.25 bits per heavy atom. The quantitative estimate of drug-likeness (QED) is 0.663. The van der Waals surface area contributed by atoms with Crippen LogP contribution in [-0.4, -0.2) is 11.6 Å². The molecular formula is C20H13ClN2O. The van der Waals surface area contributed by atoms with Crippen LogP contribution < -0.4 is 5.32 Å². The molecule has 1 aliphatic rings. The number of amides is 1. The Bertz CT molecular complexity index is 961. The first kappa shape index (κ1) is 14.7. The van der Waals surface area contributed by atoms with Gasteiger partial charge in [-0.15, -0.1) is 0 Å². The van der Waals surface area contributed by atoms with Crippen LogP contribution in [0.1, 0.15) is 21.5 Å². The lowest BCUT2D eigenvalue weighted by molar-refractivity contribution is 0.102. The third-order valence-corrected chi connectivity index (χ3v) is 4.18. The van der Waals surface area contributed by atoms with Crippen LogP contribution in [0.2, 0.25) is 5.02 Å². The molecule has 3 aromatic carbocycles. The molecule has 0 saturated heterocycles. The van der Waals surface area contributed by atoms with Crippen molar-refractivity contribution >= 4 is 34.6 Å². The van der Waals surface area contributed by atoms with Gasteiger partial charge in [0, 0.05) is 16.1 Å². The van der Waals surface area contributed by atoms with Gasteiger partial charge in [0.1, 0.15) is 0 Å². The number of benzene rings is 3. The third kappa shape index (κ3) is 2.59. The molecule has 0 spiro atoms. The van der Waals surface area contributed by atoms with Crippen molar-refractivity contribution in [2.24, 2.45) is 4.99 Å². The lowest BCUT2D eigenvalue weighted by Crippen LogP contribution is -2.18. The van der Waals surface area contributed by atoms with Gasteiger partial charge in [-0.05, 0) is 30.3 Å². The van der Waals surface area contributed by atoms with Crippen LogP contribution in [0.5, 0.6) is 0 Å². The summed E-state index contributed by atoms with van der Waals surface area (Å²) in [5, 5.41) is 3.66. The largest absolute Gasteiger partial charge is 0.321 e. The number of halogens is 1. The zero-order chi connectivity index (χ0) is 16.5. The lowest BCUT2D eigenvalue weighted by atomic mass is 9.98. The lowest BCUT2D eigenvalue weighted by Gasteiger charge is -2.18. The van der Waals surface area contributed by atoms with Crippen molar-refractivity contribution in [3.05, 3.63) is 94.5 Å². The van der Waals surface area contributed by atoms with Crippen LogP contribution in [0.4, 0.5) is 11.4 Å². The molecule has 0 atom stereocenters. The van der Waals surface area contributed by atoms with Crippen LogP contribution in [0.25, 0.3) is 0 Å². The zero-order valence-corrected chi connectivity index (χ0v) is 13.4. The molecule has 1 N–H and O–H groups in total. The number of hydrogen-bond donors (Lipinski definition) is 1. The molecule has 1 amide bonds. The molecule has 24 heavy (non-hydrogen) atoms. The highest BCUT2D eigenvalue weighted by atomic mass is 35.5. The second kappa shape index (κ2) is 5.95. The van der Waals surface area contributed by atoms with E-state index in [4.69, 9.17) is 16.6 Å². The van der Waals surface area contributed by atoms with E-state index in [0.29, 0.717) is 16.3 Å². The smallest absolute Gasteiger partial charge is 0.257 e. The maximum atomic E-state index is 12.5. The van der Waals surface area contributed by atoms with Crippen molar-refractivity contribution < 1.29 is 4.79 Å². The number of anilines is 1. The Kier molecular flexibility index (Phi) is 3.63. The van der Waals surface area contributed by atoms with E-state index < -0.39 is 0 Å². The van der Waals surface area contributed by atoms with Gasteiger partial charge < -0.3 is 5.32 Å². The van der Waals surface area contributed by atoms with Gasteiger partial charge in [0.25, 0.3) is 5.91 Å². The van der Waals surface area contributed by atoms with E-state index in [9.17, 15) is 4.79 Å². The maximum Gasteiger partial charge on any atom is 0.257 e. The van der Waals surface area contributed by atoms with E-state index in [1.54, 1.807) is 6.07 Å². The van der Waals surface area contributed by atoms with E-state index in [0.717, 1.165) is 22.5 Å². The van der Waals surface area contributed by atoms with Crippen LogP contribution in [0, 0.1) is 0 Å². The number of carbonyl (C=O) groups is 1. The highest BCUT2D eigenvalue weighted by Crippen LogP contribution is 2.29. The van der Waals surface area contributed by atoms with Crippen molar-refractivity contribution in [2.45, 2.75) is 0 Å². The molecular weight excluding hydrogens is 320 g/mol. The summed E-state index contributed by atoms with van der Waals surface area (Å²) in [5.41, 5.74) is 4.56. The molecule has 0 unspecified atom stereocenters. The van der Waals surface area contributed by atoms with Gasteiger partial charge in [-0.1, -0.05) is 54.1 Å². The highest BCUT2D eigenvalue weighted by molar-refractivity contribution is 6.31. The van der Waals surface area contributed by atoms with Crippen LogP contribution in [-0.2, 0) is 0 Å². The van der Waals surface area contributed by atoms with Crippen molar-refractivity contribution in [2.75, 3.05) is 5.32 Å². The number of nitrogens with zero attached hydrogens (tertiary/aromatic N) is 1. The highest BCUT2D eigenvalue weighted by Gasteiger charge is 2.20. The molecule has 0 aromatic heterocycles. The first-order valence-electron chi connectivity index (χ1n) is 7.57. The zero-order valence-electron chi connectivity index (χ0n) is 12.7. The van der Waals surface area contributed by atoms with Gasteiger partial charge in [0.15, 0.2) is 0 Å². The van der Waals surface area contributed by atoms with Crippen molar-refractivity contribution in [1.29, 1.82) is 0 Å². The maximum absolute atomic E-state index is 12.5. The predicted molar refractivity (Wildman–Crippen MR) is 97.6 cm³/mol. The summed E-state index contributed by atoms with van der Waals surface area (Å²) >= 11 is 6.01. The molecule has 1 aliphatic heterocycles. The molecule has 1 heterocycles. The van der Waals surface area contributed by atoms with E-state index >= 15 is 0 Å². The number of aliphatic imine (C=N–C) groups is 1. The predicted octanol–water partition coefficient (Wildman–Crippen LogP) is 5.07. The number of nitrogens with one attached hydrogen (secondary N) is 1. The monoisotopic (exact) mass is 332 g/mol. The van der Waals surface area contributed by atoms with E-state index in [2.05, 4.69) is 5.32 Å². The van der Waals surface area contributed by atoms with Gasteiger partial charge >= 0.3 is 0 Å². The molecule has 4 rings (SSSR count). The average Bonchev–Trinajstić information content (AvgIpc) is 2.60. The third-order valence-electron chi connectivity index (χ3n) is 3.93. The molecule has 0 aliphatic carbocycles. The molecule has 0 bridgehead atoms. The molecule has 0 saturated carbocycles. The number of hydrogen-bond acceptors (Lipinski definition) is 2. The first-order valence-corrected chi connectivity index (χ1v) is 7.94. The van der Waals surface area contributed by atoms with Crippen molar-refractivity contribution in [3.63, 3.8) is 0 Å². The fraction of sp³-hybridized carbons (Fsp3) is 0. The van der Waals surface area contributed by atoms with E-state index in [1.165, 1.54) is 0 Å². The van der Waals surface area contributed by atoms with Crippen LogP contribution in [0.3, 0.4) is 0 Å². The molecule has 4 heteroatoms. The Labute approximate surface area is 144 Å². The standard InChI is InChI=1S/C20H13ClN2O/c21-14-11-9-13(10-12-14)19-15-5-1-3-7-17(15)23-20(24)16-6-2-4-8-18(16)22-19/h1-12H,(H,23,24). The van der Waals surface area contributed by atoms with Crippen LogP contribution >= 0.6 is 11.6 Å². The first-order chi connectivity index (χ1) is 11.7. The fourth-order valence-corrected chi connectivity index (χ4v) is 2.89. The fourth-order valence-electron chi connectivity index (χ4n) is 2.76. The normalized spacial score (nSPS) is 13.0. The van der Waals surface area contributed by atoms with Gasteiger partial charge in [-0.25, -0.2) is 4.99 Å². The summed E-state index contributed by atoms with van der Waals surface area (Å²) in [7, 11) is 0. The number of para-hydroxylation sites is 2. The second-order valence-corrected chi connectivity index (χ2v) is 5.92. The van der Waals surface area contributed by atoms with E-state index in [-0.39, 0.29) is 5.91 Å². The number of rotatable bonds is 1. The summed E-state index contributed by atoms with van der Waals surface area (Å²) in [6, 6.07) is 22.6. The molecule has 3 nitrogen and oxygen atoms in total. The second-order valence-electron chi connectivity index (χ2n) is 5.48. The molecule has 116 valence electrons. The van der Waals surface area contributed by atoms with Crippen LogP contribution in [0.15, 0.2) is 77.8 Å². The minimum Gasteiger partial charge on any atom is -0.321 e. The number of carbonyl (C=O) groups excluding carboxylic acids is 1. The SMILES string of the molecule is O=C1Nc2ccccc2C(c2ccc(Cl)cc2)=Nc2ccccc21. The Balaban J connectivity index is 2.01. The average molecular weight is 333 g/mol. The Hall–Kier alpha value is -2.91. The summed E-state index contributed by atoms with van der Waals surface area (Å²) in [6.45, 7) is 0. The van der Waals surface area contributed by atoms with Gasteiger partial charge in [-0.3, -0.25) is 4.79 Å². The molecule has 0 radical (unpaired) electrons. The topological polar surface area (TPSA) is 41.5 Å². The molecule has 0 fully saturated rings. The molecule has 3 aromatic rings. The summed E-state index contributed by atoms with van der Waals surface area (Å²) < 4.78 is 0. The van der Waals surface area contributed by atoms with Gasteiger partial charge in [0.05, 0.1) is 22.6 Å². The Morgan fingerprint density at radius 1 is 0.792 bits per heavy atom. The Morgan fingerprint density at radius 2 is 1.46 bits per heavy atom. The van der Waals surface area contributed by atoms with Crippen molar-refractivity contribution in [1.82, 2.24) is 0 Å². The number of fused-ring (bicyclic) bond motifs is 2. The van der Waals surface area contributed by atoms with Crippen molar-refractivity contribution in [3.8, 4) is 0 Å².